The molecule has 0 aliphatic carbocycles. The summed E-state index contributed by atoms with van der Waals surface area (Å²) < 4.78 is 5.71. The summed E-state index contributed by atoms with van der Waals surface area (Å²) in [5.41, 5.74) is 7.84. The number of hydrogen-bond donors (Lipinski definition) is 1. The van der Waals surface area contributed by atoms with Gasteiger partial charge in [0.05, 0.1) is 11.1 Å². The third-order valence-corrected chi connectivity index (χ3v) is 3.40. The van der Waals surface area contributed by atoms with Gasteiger partial charge in [0.15, 0.2) is 5.84 Å². The van der Waals surface area contributed by atoms with Gasteiger partial charge in [-0.05, 0) is 25.1 Å². The van der Waals surface area contributed by atoms with Crippen LogP contribution in [0.15, 0.2) is 76.3 Å². The van der Waals surface area contributed by atoms with E-state index in [0.717, 1.165) is 5.56 Å². The van der Waals surface area contributed by atoms with Crippen LogP contribution in [0.2, 0.25) is 0 Å². The standard InChI is InChI=1S/C19H16N2O3/c1-13-12-16(17(23-13)14-8-4-2-5-9-14)18(20)21-24-19(22)15-10-6-3-7-11-15/h2-12H,1H3,(H2,20,21). The van der Waals surface area contributed by atoms with E-state index in [9.17, 15) is 4.79 Å². The van der Waals surface area contributed by atoms with Crippen LogP contribution < -0.4 is 5.73 Å². The lowest BCUT2D eigenvalue weighted by Gasteiger charge is -2.02. The number of aryl methyl sites for hydroxylation is 1. The maximum atomic E-state index is 11.9. The van der Waals surface area contributed by atoms with Crippen LogP contribution in [0.1, 0.15) is 21.7 Å². The van der Waals surface area contributed by atoms with Crippen molar-refractivity contribution >= 4 is 11.8 Å². The Balaban J connectivity index is 1.85. The van der Waals surface area contributed by atoms with Crippen molar-refractivity contribution in [3.63, 3.8) is 0 Å². The molecule has 5 nitrogen and oxygen atoms in total. The highest BCUT2D eigenvalue weighted by molar-refractivity contribution is 6.02. The Labute approximate surface area is 139 Å². The number of carbonyl (C=O) groups is 1. The molecule has 0 bridgehead atoms. The van der Waals surface area contributed by atoms with E-state index in [-0.39, 0.29) is 5.84 Å². The van der Waals surface area contributed by atoms with E-state index in [2.05, 4.69) is 5.16 Å². The van der Waals surface area contributed by atoms with Crippen molar-refractivity contribution in [3.8, 4) is 11.3 Å². The van der Waals surface area contributed by atoms with Gasteiger partial charge in [-0.3, -0.25) is 0 Å². The molecule has 0 saturated carbocycles. The minimum Gasteiger partial charge on any atom is -0.461 e. The van der Waals surface area contributed by atoms with Crippen molar-refractivity contribution < 1.29 is 14.0 Å². The van der Waals surface area contributed by atoms with Crippen LogP contribution in [0.4, 0.5) is 0 Å². The molecule has 0 amide bonds. The zero-order chi connectivity index (χ0) is 16.9. The molecule has 0 spiro atoms. The Morgan fingerprint density at radius 3 is 2.33 bits per heavy atom. The summed E-state index contributed by atoms with van der Waals surface area (Å²) in [7, 11) is 0. The average Bonchev–Trinajstić information content (AvgIpc) is 3.03. The minimum atomic E-state index is -0.569. The number of hydrogen-bond acceptors (Lipinski definition) is 4. The first-order chi connectivity index (χ1) is 11.6. The largest absolute Gasteiger partial charge is 0.461 e. The molecule has 24 heavy (non-hydrogen) atoms. The molecule has 0 atom stereocenters. The highest BCUT2D eigenvalue weighted by atomic mass is 16.7. The molecular formula is C19H16N2O3. The van der Waals surface area contributed by atoms with Crippen molar-refractivity contribution in [2.45, 2.75) is 6.92 Å². The molecule has 2 aromatic carbocycles. The fourth-order valence-electron chi connectivity index (χ4n) is 2.28. The lowest BCUT2D eigenvalue weighted by atomic mass is 10.1. The van der Waals surface area contributed by atoms with Gasteiger partial charge in [0.1, 0.15) is 11.5 Å². The predicted molar refractivity (Wildman–Crippen MR) is 91.5 cm³/mol. The zero-order valence-corrected chi connectivity index (χ0v) is 13.1. The van der Waals surface area contributed by atoms with Crippen molar-refractivity contribution in [2.75, 3.05) is 0 Å². The minimum absolute atomic E-state index is 0.0787. The quantitative estimate of drug-likeness (QED) is 0.344. The number of amidine groups is 1. The van der Waals surface area contributed by atoms with E-state index in [1.165, 1.54) is 0 Å². The summed E-state index contributed by atoms with van der Waals surface area (Å²) >= 11 is 0. The third-order valence-electron chi connectivity index (χ3n) is 3.40. The van der Waals surface area contributed by atoms with Gasteiger partial charge in [-0.2, -0.15) is 0 Å². The van der Waals surface area contributed by atoms with Crippen molar-refractivity contribution in [3.05, 3.63) is 83.6 Å². The molecule has 3 aromatic rings. The number of rotatable bonds is 4. The van der Waals surface area contributed by atoms with Crippen LogP contribution in [-0.4, -0.2) is 11.8 Å². The van der Waals surface area contributed by atoms with Crippen molar-refractivity contribution in [1.82, 2.24) is 0 Å². The normalized spacial score (nSPS) is 11.3. The van der Waals surface area contributed by atoms with Gasteiger partial charge in [0.2, 0.25) is 0 Å². The topological polar surface area (TPSA) is 77.8 Å². The molecule has 2 N–H and O–H groups in total. The van der Waals surface area contributed by atoms with E-state index >= 15 is 0 Å². The first kappa shape index (κ1) is 15.6. The van der Waals surface area contributed by atoms with Crippen LogP contribution in [0.5, 0.6) is 0 Å². The lowest BCUT2D eigenvalue weighted by molar-refractivity contribution is 0.0516. The van der Waals surface area contributed by atoms with Gasteiger partial charge in [0, 0.05) is 5.56 Å². The van der Waals surface area contributed by atoms with Gasteiger partial charge in [0.25, 0.3) is 0 Å². The summed E-state index contributed by atoms with van der Waals surface area (Å²) in [4.78, 5) is 16.9. The van der Waals surface area contributed by atoms with E-state index in [1.807, 2.05) is 43.3 Å². The molecular weight excluding hydrogens is 304 g/mol. The van der Waals surface area contributed by atoms with E-state index in [0.29, 0.717) is 22.6 Å². The fraction of sp³-hybridized carbons (Fsp3) is 0.0526. The fourth-order valence-corrected chi connectivity index (χ4v) is 2.28. The molecule has 0 fully saturated rings. The van der Waals surface area contributed by atoms with E-state index < -0.39 is 5.97 Å². The van der Waals surface area contributed by atoms with Crippen LogP contribution in [0.3, 0.4) is 0 Å². The Morgan fingerprint density at radius 1 is 1.04 bits per heavy atom. The monoisotopic (exact) mass is 320 g/mol. The van der Waals surface area contributed by atoms with Crippen molar-refractivity contribution in [1.29, 1.82) is 0 Å². The highest BCUT2D eigenvalue weighted by Crippen LogP contribution is 2.26. The molecule has 0 radical (unpaired) electrons. The second kappa shape index (κ2) is 6.83. The zero-order valence-electron chi connectivity index (χ0n) is 13.1. The second-order valence-corrected chi connectivity index (χ2v) is 5.19. The van der Waals surface area contributed by atoms with Gasteiger partial charge in [-0.15, -0.1) is 0 Å². The number of nitrogens with zero attached hydrogens (tertiary/aromatic N) is 1. The SMILES string of the molecule is Cc1cc(/C(N)=N/OC(=O)c2ccccc2)c(-c2ccccc2)o1. The Hall–Kier alpha value is -3.34. The summed E-state index contributed by atoms with van der Waals surface area (Å²) in [5, 5.41) is 3.76. The maximum absolute atomic E-state index is 11.9. The first-order valence-corrected chi connectivity index (χ1v) is 7.41. The third kappa shape index (κ3) is 3.35. The van der Waals surface area contributed by atoms with Gasteiger partial charge >= 0.3 is 5.97 Å². The van der Waals surface area contributed by atoms with Crippen LogP contribution in [0, 0.1) is 6.92 Å². The van der Waals surface area contributed by atoms with Crippen LogP contribution in [0.25, 0.3) is 11.3 Å². The Bertz CT molecular complexity index is 868. The Kier molecular flexibility index (Phi) is 4.43. The number of furan rings is 1. The summed E-state index contributed by atoms with van der Waals surface area (Å²) in [5.74, 6) is 0.788. The molecule has 0 aliphatic heterocycles. The molecule has 1 heterocycles. The van der Waals surface area contributed by atoms with Gasteiger partial charge < -0.3 is 15.0 Å². The second-order valence-electron chi connectivity index (χ2n) is 5.19. The van der Waals surface area contributed by atoms with Gasteiger partial charge in [-0.25, -0.2) is 4.79 Å². The molecule has 0 aliphatic rings. The van der Waals surface area contributed by atoms with Gasteiger partial charge in [-0.1, -0.05) is 53.7 Å². The van der Waals surface area contributed by atoms with Crippen LogP contribution in [-0.2, 0) is 4.84 Å². The molecule has 0 saturated heterocycles. The molecule has 3 rings (SSSR count). The number of oxime groups is 1. The van der Waals surface area contributed by atoms with E-state index in [4.69, 9.17) is 15.0 Å². The number of nitrogens with two attached hydrogens (primary N) is 1. The summed E-state index contributed by atoms with van der Waals surface area (Å²) in [6.45, 7) is 1.82. The predicted octanol–water partition coefficient (Wildman–Crippen LogP) is 3.73. The van der Waals surface area contributed by atoms with E-state index in [1.54, 1.807) is 30.3 Å². The van der Waals surface area contributed by atoms with Crippen molar-refractivity contribution in [2.24, 2.45) is 10.9 Å². The Morgan fingerprint density at radius 2 is 1.67 bits per heavy atom. The molecule has 1 aromatic heterocycles. The summed E-state index contributed by atoms with van der Waals surface area (Å²) in [6.07, 6.45) is 0. The molecule has 0 unspecified atom stereocenters. The molecule has 5 heteroatoms. The number of carbonyl (C=O) groups excluding carboxylic acids is 1. The summed E-state index contributed by atoms with van der Waals surface area (Å²) in [6, 6.07) is 19.9. The average molecular weight is 320 g/mol. The maximum Gasteiger partial charge on any atom is 0.365 e. The lowest BCUT2D eigenvalue weighted by Crippen LogP contribution is -2.15. The first-order valence-electron chi connectivity index (χ1n) is 7.41. The highest BCUT2D eigenvalue weighted by Gasteiger charge is 2.16. The number of benzene rings is 2. The van der Waals surface area contributed by atoms with Crippen LogP contribution >= 0.6 is 0 Å². The smallest absolute Gasteiger partial charge is 0.365 e. The molecule has 120 valence electrons.